The molecule has 2 aromatic carbocycles. The Bertz CT molecular complexity index is 1020. The molecule has 0 spiro atoms. The molecule has 1 atom stereocenters. The number of hydrogen-bond donors (Lipinski definition) is 1. The number of likely N-dealkylation sites (tertiary alicyclic amines) is 1. The zero-order valence-electron chi connectivity index (χ0n) is 16.9. The second kappa shape index (κ2) is 9.06. The van der Waals surface area contributed by atoms with Gasteiger partial charge in [-0.25, -0.2) is 4.39 Å². The predicted octanol–water partition coefficient (Wildman–Crippen LogP) is 4.10. The lowest BCUT2D eigenvalue weighted by molar-refractivity contribution is -0.122. The van der Waals surface area contributed by atoms with Crippen molar-refractivity contribution in [1.29, 1.82) is 0 Å². The number of nitrogens with one attached hydrogen (secondary N) is 1. The Morgan fingerprint density at radius 2 is 1.81 bits per heavy atom. The monoisotopic (exact) mass is 443 g/mol. The molecule has 6 nitrogen and oxygen atoms in total. The average molecular weight is 444 g/mol. The maximum atomic E-state index is 14.1. The lowest BCUT2D eigenvalue weighted by Gasteiger charge is -2.27. The van der Waals surface area contributed by atoms with Gasteiger partial charge in [0.25, 0.3) is 5.91 Å². The molecule has 3 amide bonds. The van der Waals surface area contributed by atoms with Gasteiger partial charge in [0.2, 0.25) is 11.8 Å². The van der Waals surface area contributed by atoms with Gasteiger partial charge in [0.05, 0.1) is 22.9 Å². The SMILES string of the molecule is O=C(Nc1cc(Cl)ccc1C(=O)N1CCCCC1)C1CC(=O)N(c2ccccc2F)C1. The van der Waals surface area contributed by atoms with Crippen LogP contribution < -0.4 is 10.2 Å². The van der Waals surface area contributed by atoms with Crippen molar-refractivity contribution in [2.24, 2.45) is 5.92 Å². The summed E-state index contributed by atoms with van der Waals surface area (Å²) >= 11 is 6.11. The van der Waals surface area contributed by atoms with Crippen molar-refractivity contribution in [3.05, 3.63) is 58.9 Å². The Kier molecular flexibility index (Phi) is 6.23. The van der Waals surface area contributed by atoms with Crippen LogP contribution in [0.15, 0.2) is 42.5 Å². The van der Waals surface area contributed by atoms with Crippen molar-refractivity contribution >= 4 is 40.7 Å². The van der Waals surface area contributed by atoms with Gasteiger partial charge in [-0.15, -0.1) is 0 Å². The van der Waals surface area contributed by atoms with Gasteiger partial charge in [-0.05, 0) is 49.6 Å². The number of anilines is 2. The van der Waals surface area contributed by atoms with Crippen molar-refractivity contribution in [3.63, 3.8) is 0 Å². The Balaban J connectivity index is 1.51. The summed E-state index contributed by atoms with van der Waals surface area (Å²) in [4.78, 5) is 41.4. The fraction of sp³-hybridized carbons (Fsp3) is 0.348. The van der Waals surface area contributed by atoms with Crippen molar-refractivity contribution in [2.45, 2.75) is 25.7 Å². The van der Waals surface area contributed by atoms with Crippen LogP contribution in [0.2, 0.25) is 5.02 Å². The van der Waals surface area contributed by atoms with Crippen LogP contribution in [0.4, 0.5) is 15.8 Å². The first-order valence-corrected chi connectivity index (χ1v) is 10.8. The third kappa shape index (κ3) is 4.56. The number of piperidine rings is 1. The van der Waals surface area contributed by atoms with Gasteiger partial charge >= 0.3 is 0 Å². The lowest BCUT2D eigenvalue weighted by Crippen LogP contribution is -2.36. The molecule has 4 rings (SSSR count). The standard InChI is InChI=1S/C23H23ClFN3O3/c24-16-8-9-17(23(31)27-10-4-1-5-11-27)19(13-16)26-22(30)15-12-21(29)28(14-15)20-7-3-2-6-18(20)25/h2-3,6-9,13,15H,1,4-5,10-12,14H2,(H,26,30). The number of rotatable bonds is 4. The molecule has 1 unspecified atom stereocenters. The molecule has 0 bridgehead atoms. The van der Waals surface area contributed by atoms with E-state index in [-0.39, 0.29) is 30.5 Å². The van der Waals surface area contributed by atoms with Crippen molar-refractivity contribution < 1.29 is 18.8 Å². The molecule has 2 aliphatic rings. The molecule has 2 fully saturated rings. The normalized spacial score (nSPS) is 18.9. The third-order valence-corrected chi connectivity index (χ3v) is 5.99. The number of amides is 3. The highest BCUT2D eigenvalue weighted by molar-refractivity contribution is 6.31. The number of halogens is 2. The first-order chi connectivity index (χ1) is 14.9. The van der Waals surface area contributed by atoms with Gasteiger partial charge in [-0.2, -0.15) is 0 Å². The summed E-state index contributed by atoms with van der Waals surface area (Å²) in [7, 11) is 0. The average Bonchev–Trinajstić information content (AvgIpc) is 3.16. The Labute approximate surface area is 185 Å². The van der Waals surface area contributed by atoms with Gasteiger partial charge < -0.3 is 15.1 Å². The second-order valence-corrected chi connectivity index (χ2v) is 8.33. The summed E-state index contributed by atoms with van der Waals surface area (Å²) in [5.41, 5.74) is 0.853. The predicted molar refractivity (Wildman–Crippen MR) is 117 cm³/mol. The molecule has 2 heterocycles. The minimum Gasteiger partial charge on any atom is -0.339 e. The van der Waals surface area contributed by atoms with Crippen molar-refractivity contribution in [2.75, 3.05) is 29.9 Å². The fourth-order valence-corrected chi connectivity index (χ4v) is 4.27. The quantitative estimate of drug-likeness (QED) is 0.773. The van der Waals surface area contributed by atoms with E-state index in [1.807, 2.05) is 0 Å². The molecule has 8 heteroatoms. The van der Waals surface area contributed by atoms with Crippen LogP contribution in [0.5, 0.6) is 0 Å². The third-order valence-electron chi connectivity index (χ3n) is 5.75. The van der Waals surface area contributed by atoms with E-state index in [4.69, 9.17) is 11.6 Å². The van der Waals surface area contributed by atoms with E-state index >= 15 is 0 Å². The highest BCUT2D eigenvalue weighted by atomic mass is 35.5. The number of benzene rings is 2. The van der Waals surface area contributed by atoms with Gasteiger partial charge in [0.15, 0.2) is 0 Å². The number of hydrogen-bond acceptors (Lipinski definition) is 3. The number of para-hydroxylation sites is 1. The van der Waals surface area contributed by atoms with Crippen LogP contribution in [0.25, 0.3) is 0 Å². The minimum absolute atomic E-state index is 0.0316. The Morgan fingerprint density at radius 3 is 2.55 bits per heavy atom. The number of carbonyl (C=O) groups excluding carboxylic acids is 3. The zero-order valence-corrected chi connectivity index (χ0v) is 17.7. The van der Waals surface area contributed by atoms with Gasteiger partial charge in [-0.1, -0.05) is 23.7 Å². The molecular weight excluding hydrogens is 421 g/mol. The lowest BCUT2D eigenvalue weighted by atomic mass is 10.1. The first-order valence-electron chi connectivity index (χ1n) is 10.4. The summed E-state index contributed by atoms with van der Waals surface area (Å²) in [5, 5.41) is 3.17. The topological polar surface area (TPSA) is 69.7 Å². The fourth-order valence-electron chi connectivity index (χ4n) is 4.10. The van der Waals surface area contributed by atoms with Crippen LogP contribution in [-0.2, 0) is 9.59 Å². The molecular formula is C23H23ClFN3O3. The van der Waals surface area contributed by atoms with Crippen LogP contribution in [0.1, 0.15) is 36.0 Å². The van der Waals surface area contributed by atoms with Crippen molar-refractivity contribution in [1.82, 2.24) is 4.90 Å². The molecule has 0 saturated carbocycles. The molecule has 31 heavy (non-hydrogen) atoms. The number of nitrogens with zero attached hydrogens (tertiary/aromatic N) is 2. The molecule has 0 aliphatic carbocycles. The van der Waals surface area contributed by atoms with E-state index < -0.39 is 17.6 Å². The van der Waals surface area contributed by atoms with Gasteiger partial charge in [-0.3, -0.25) is 14.4 Å². The van der Waals surface area contributed by atoms with Crippen LogP contribution in [0, 0.1) is 11.7 Å². The molecule has 1 N–H and O–H groups in total. The van der Waals surface area contributed by atoms with Crippen LogP contribution >= 0.6 is 11.6 Å². The molecule has 0 aromatic heterocycles. The van der Waals surface area contributed by atoms with Gasteiger partial charge in [0, 0.05) is 31.1 Å². The van der Waals surface area contributed by atoms with E-state index in [0.717, 1.165) is 19.3 Å². The Hall–Kier alpha value is -2.93. The number of carbonyl (C=O) groups is 3. The molecule has 162 valence electrons. The van der Waals surface area contributed by atoms with E-state index in [1.54, 1.807) is 35.2 Å². The van der Waals surface area contributed by atoms with Crippen molar-refractivity contribution in [3.8, 4) is 0 Å². The van der Waals surface area contributed by atoms with E-state index in [1.165, 1.54) is 17.0 Å². The maximum absolute atomic E-state index is 14.1. The van der Waals surface area contributed by atoms with E-state index in [9.17, 15) is 18.8 Å². The zero-order chi connectivity index (χ0) is 22.0. The molecule has 2 aliphatic heterocycles. The van der Waals surface area contributed by atoms with Gasteiger partial charge in [0.1, 0.15) is 5.82 Å². The second-order valence-electron chi connectivity index (χ2n) is 7.89. The molecule has 0 radical (unpaired) electrons. The first kappa shape index (κ1) is 21.3. The van der Waals surface area contributed by atoms with Crippen LogP contribution in [0.3, 0.4) is 0 Å². The molecule has 2 saturated heterocycles. The smallest absolute Gasteiger partial charge is 0.255 e. The maximum Gasteiger partial charge on any atom is 0.255 e. The summed E-state index contributed by atoms with van der Waals surface area (Å²) in [6, 6.07) is 10.8. The summed E-state index contributed by atoms with van der Waals surface area (Å²) in [6.45, 7) is 1.44. The summed E-state index contributed by atoms with van der Waals surface area (Å²) in [6.07, 6.45) is 2.98. The molecule has 2 aromatic rings. The highest BCUT2D eigenvalue weighted by Crippen LogP contribution is 2.29. The summed E-state index contributed by atoms with van der Waals surface area (Å²) < 4.78 is 14.1. The van der Waals surface area contributed by atoms with E-state index in [2.05, 4.69) is 5.32 Å². The highest BCUT2D eigenvalue weighted by Gasteiger charge is 2.36. The van der Waals surface area contributed by atoms with Crippen LogP contribution in [-0.4, -0.2) is 42.3 Å². The van der Waals surface area contributed by atoms with E-state index in [0.29, 0.717) is 29.4 Å². The summed E-state index contributed by atoms with van der Waals surface area (Å²) in [5.74, 6) is -2.05. The largest absolute Gasteiger partial charge is 0.339 e. The Morgan fingerprint density at radius 1 is 1.06 bits per heavy atom. The minimum atomic E-state index is -0.663.